The van der Waals surface area contributed by atoms with E-state index in [0.717, 1.165) is 43.4 Å². The van der Waals surface area contributed by atoms with Crippen molar-refractivity contribution in [2.75, 3.05) is 0 Å². The average Bonchev–Trinajstić information content (AvgIpc) is 2.69. The molecular formula is C24H31N3O2S. The van der Waals surface area contributed by atoms with Crippen molar-refractivity contribution in [2.24, 2.45) is 17.8 Å². The lowest BCUT2D eigenvalue weighted by Crippen LogP contribution is -2.60. The van der Waals surface area contributed by atoms with Crippen LogP contribution >= 0.6 is 11.8 Å². The molecule has 1 amide bonds. The Morgan fingerprint density at radius 1 is 1.20 bits per heavy atom. The van der Waals surface area contributed by atoms with Crippen LogP contribution in [0.25, 0.3) is 10.9 Å². The Bertz CT molecular complexity index is 995. The molecule has 6 heteroatoms. The second-order valence-corrected chi connectivity index (χ2v) is 11.1. The smallest absolute Gasteiger partial charge is 0.262 e. The third-order valence-corrected chi connectivity index (χ3v) is 8.44. The third kappa shape index (κ3) is 3.57. The summed E-state index contributed by atoms with van der Waals surface area (Å²) >= 11 is 1.42. The first-order valence-electron chi connectivity index (χ1n) is 11.4. The SMILES string of the molecule is CCCn1c(S[C@H](C)C(=O)NC23CC4CC(CC(C4)C2)C3)nc2ccccc2c1=O. The van der Waals surface area contributed by atoms with E-state index in [1.54, 1.807) is 4.57 Å². The number of carbonyl (C=O) groups is 1. The summed E-state index contributed by atoms with van der Waals surface area (Å²) in [5, 5.41) is 4.48. The van der Waals surface area contributed by atoms with Crippen molar-refractivity contribution >= 4 is 28.6 Å². The molecule has 0 aliphatic heterocycles. The number of rotatable bonds is 6. The number of thioether (sulfide) groups is 1. The van der Waals surface area contributed by atoms with E-state index in [-0.39, 0.29) is 22.3 Å². The van der Waals surface area contributed by atoms with Gasteiger partial charge < -0.3 is 5.32 Å². The van der Waals surface area contributed by atoms with Crippen molar-refractivity contribution < 1.29 is 4.79 Å². The summed E-state index contributed by atoms with van der Waals surface area (Å²) in [7, 11) is 0. The van der Waals surface area contributed by atoms with E-state index in [9.17, 15) is 9.59 Å². The molecule has 5 nitrogen and oxygen atoms in total. The van der Waals surface area contributed by atoms with E-state index < -0.39 is 0 Å². The van der Waals surface area contributed by atoms with Gasteiger partial charge in [-0.1, -0.05) is 30.8 Å². The highest BCUT2D eigenvalue weighted by Crippen LogP contribution is 2.55. The highest BCUT2D eigenvalue weighted by Gasteiger charge is 2.51. The summed E-state index contributed by atoms with van der Waals surface area (Å²) in [6.45, 7) is 4.61. The number of amides is 1. The summed E-state index contributed by atoms with van der Waals surface area (Å²) in [4.78, 5) is 31.0. The van der Waals surface area contributed by atoms with Crippen LogP contribution in [0.15, 0.2) is 34.2 Å². The maximum atomic E-state index is 13.2. The van der Waals surface area contributed by atoms with Crippen molar-refractivity contribution in [3.05, 3.63) is 34.6 Å². The van der Waals surface area contributed by atoms with Crippen LogP contribution in [0.3, 0.4) is 0 Å². The summed E-state index contributed by atoms with van der Waals surface area (Å²) in [5.41, 5.74) is 0.699. The first-order chi connectivity index (χ1) is 14.5. The Labute approximate surface area is 182 Å². The first-order valence-corrected chi connectivity index (χ1v) is 12.3. The molecule has 4 aliphatic carbocycles. The maximum absolute atomic E-state index is 13.2. The van der Waals surface area contributed by atoms with Crippen LogP contribution in [0.1, 0.15) is 58.8 Å². The summed E-state index contributed by atoms with van der Waals surface area (Å²) in [6.07, 6.45) is 8.39. The van der Waals surface area contributed by atoms with Crippen molar-refractivity contribution in [2.45, 2.75) is 81.3 Å². The quantitative estimate of drug-likeness (QED) is 0.551. The molecule has 4 aliphatic rings. The molecule has 4 saturated carbocycles. The molecule has 0 unspecified atom stereocenters. The van der Waals surface area contributed by atoms with Gasteiger partial charge in [-0.15, -0.1) is 0 Å². The molecule has 4 fully saturated rings. The zero-order valence-corrected chi connectivity index (χ0v) is 18.7. The van der Waals surface area contributed by atoms with Crippen molar-refractivity contribution in [3.63, 3.8) is 0 Å². The maximum Gasteiger partial charge on any atom is 0.262 e. The van der Waals surface area contributed by atoms with E-state index in [4.69, 9.17) is 4.98 Å². The molecule has 0 saturated heterocycles. The fourth-order valence-corrected chi connectivity index (χ4v) is 7.43. The number of hydrogen-bond donors (Lipinski definition) is 1. The number of hydrogen-bond acceptors (Lipinski definition) is 4. The summed E-state index contributed by atoms with van der Waals surface area (Å²) < 4.78 is 1.74. The molecule has 160 valence electrons. The standard InChI is InChI=1S/C24H31N3O2S/c1-3-8-27-22(29)19-6-4-5-7-20(19)25-23(27)30-15(2)21(28)26-24-12-16-9-17(13-24)11-18(10-16)14-24/h4-7,15-18H,3,8-14H2,1-2H3,(H,26,28)/t15-,16?,17?,18?,24?/m1/s1. The van der Waals surface area contributed by atoms with Gasteiger partial charge in [0.1, 0.15) is 0 Å². The lowest BCUT2D eigenvalue weighted by Gasteiger charge is -2.57. The highest BCUT2D eigenvalue weighted by atomic mass is 32.2. The van der Waals surface area contributed by atoms with E-state index in [1.807, 2.05) is 31.2 Å². The lowest BCUT2D eigenvalue weighted by molar-refractivity contribution is -0.126. The van der Waals surface area contributed by atoms with Gasteiger partial charge in [-0.05, 0) is 81.8 Å². The topological polar surface area (TPSA) is 64.0 Å². The monoisotopic (exact) mass is 425 g/mol. The molecule has 1 aromatic carbocycles. The zero-order valence-electron chi connectivity index (χ0n) is 17.9. The minimum atomic E-state index is -0.283. The highest BCUT2D eigenvalue weighted by molar-refractivity contribution is 8.00. The molecule has 1 N–H and O–H groups in total. The number of aromatic nitrogens is 2. The minimum absolute atomic E-state index is 0.0144. The molecule has 0 radical (unpaired) electrons. The Morgan fingerprint density at radius 2 is 1.83 bits per heavy atom. The first kappa shape index (κ1) is 20.1. The molecule has 2 aromatic rings. The second kappa shape index (κ2) is 7.70. The lowest BCUT2D eigenvalue weighted by atomic mass is 9.53. The van der Waals surface area contributed by atoms with E-state index in [2.05, 4.69) is 12.2 Å². The number of para-hydroxylation sites is 1. The Hall–Kier alpha value is -1.82. The molecule has 0 spiro atoms. The van der Waals surface area contributed by atoms with Crippen LogP contribution in [0.4, 0.5) is 0 Å². The van der Waals surface area contributed by atoms with E-state index >= 15 is 0 Å². The van der Waals surface area contributed by atoms with Crippen molar-refractivity contribution in [1.82, 2.24) is 14.9 Å². The van der Waals surface area contributed by atoms with Crippen LogP contribution in [0.5, 0.6) is 0 Å². The van der Waals surface area contributed by atoms with Crippen LogP contribution in [-0.4, -0.2) is 26.2 Å². The summed E-state index contributed by atoms with van der Waals surface area (Å²) in [5.74, 6) is 2.50. The molecule has 30 heavy (non-hydrogen) atoms. The number of benzene rings is 1. The van der Waals surface area contributed by atoms with Gasteiger partial charge in [0.2, 0.25) is 5.91 Å². The Kier molecular flexibility index (Phi) is 5.16. The van der Waals surface area contributed by atoms with Crippen LogP contribution in [-0.2, 0) is 11.3 Å². The number of nitrogens with zero attached hydrogens (tertiary/aromatic N) is 2. The van der Waals surface area contributed by atoms with Crippen LogP contribution < -0.4 is 10.9 Å². The van der Waals surface area contributed by atoms with Crippen molar-refractivity contribution in [1.29, 1.82) is 0 Å². The fourth-order valence-electron chi connectivity index (χ4n) is 6.50. The number of fused-ring (bicyclic) bond motifs is 1. The van der Waals surface area contributed by atoms with Gasteiger partial charge in [-0.25, -0.2) is 4.98 Å². The van der Waals surface area contributed by atoms with Gasteiger partial charge in [0, 0.05) is 12.1 Å². The molecule has 1 heterocycles. The summed E-state index contributed by atoms with van der Waals surface area (Å²) in [6, 6.07) is 7.47. The van der Waals surface area contributed by atoms with Crippen LogP contribution in [0, 0.1) is 17.8 Å². The predicted molar refractivity (Wildman–Crippen MR) is 121 cm³/mol. The molecule has 1 aromatic heterocycles. The molecular weight excluding hydrogens is 394 g/mol. The van der Waals surface area contributed by atoms with E-state index in [0.29, 0.717) is 22.6 Å². The predicted octanol–water partition coefficient (Wildman–Crippen LogP) is 4.37. The van der Waals surface area contributed by atoms with Gasteiger partial charge in [-0.3, -0.25) is 14.2 Å². The van der Waals surface area contributed by atoms with Crippen molar-refractivity contribution in [3.8, 4) is 0 Å². The van der Waals surface area contributed by atoms with Gasteiger partial charge in [0.05, 0.1) is 16.2 Å². The molecule has 1 atom stereocenters. The van der Waals surface area contributed by atoms with Gasteiger partial charge in [0.25, 0.3) is 5.56 Å². The van der Waals surface area contributed by atoms with E-state index in [1.165, 1.54) is 31.0 Å². The largest absolute Gasteiger partial charge is 0.350 e. The van der Waals surface area contributed by atoms with Gasteiger partial charge in [0.15, 0.2) is 5.16 Å². The second-order valence-electron chi connectivity index (χ2n) is 9.82. The Balaban J connectivity index is 1.36. The molecule has 6 rings (SSSR count). The average molecular weight is 426 g/mol. The molecule has 4 bridgehead atoms. The third-order valence-electron chi connectivity index (χ3n) is 7.35. The Morgan fingerprint density at radius 3 is 2.47 bits per heavy atom. The zero-order chi connectivity index (χ0) is 20.9. The normalized spacial score (nSPS) is 30.5. The minimum Gasteiger partial charge on any atom is -0.350 e. The van der Waals surface area contributed by atoms with Crippen LogP contribution in [0.2, 0.25) is 0 Å². The van der Waals surface area contributed by atoms with Gasteiger partial charge in [-0.2, -0.15) is 0 Å². The fraction of sp³-hybridized carbons (Fsp3) is 0.625. The van der Waals surface area contributed by atoms with Gasteiger partial charge >= 0.3 is 0 Å². The number of nitrogens with one attached hydrogen (secondary N) is 1. The number of carbonyl (C=O) groups excluding carboxylic acids is 1.